The number of hydrogen-bond acceptors (Lipinski definition) is 3. The van der Waals surface area contributed by atoms with Gasteiger partial charge in [-0.2, -0.15) is 0 Å². The van der Waals surface area contributed by atoms with Crippen LogP contribution in [-0.4, -0.2) is 41.6 Å². The van der Waals surface area contributed by atoms with Crippen molar-refractivity contribution in [2.75, 3.05) is 19.6 Å². The topological polar surface area (TPSA) is 52.6 Å². The molecule has 4 heteroatoms. The van der Waals surface area contributed by atoms with Crippen molar-refractivity contribution < 1.29 is 9.90 Å². The van der Waals surface area contributed by atoms with Gasteiger partial charge in [0.15, 0.2) is 0 Å². The minimum Gasteiger partial charge on any atom is -0.508 e. The monoisotopic (exact) mass is 274 g/mol. The molecule has 1 aliphatic heterocycles. The van der Waals surface area contributed by atoms with Crippen molar-refractivity contribution in [3.63, 3.8) is 0 Å². The molecule has 2 fully saturated rings. The number of carbonyl (C=O) groups is 1. The Morgan fingerprint density at radius 3 is 2.60 bits per heavy atom. The Kier molecular flexibility index (Phi) is 3.92. The Morgan fingerprint density at radius 1 is 1.25 bits per heavy atom. The molecule has 0 bridgehead atoms. The Bertz CT molecular complexity index is 462. The summed E-state index contributed by atoms with van der Waals surface area (Å²) in [5, 5.41) is 12.7. The minimum atomic E-state index is 0.109. The van der Waals surface area contributed by atoms with Gasteiger partial charge in [-0.25, -0.2) is 0 Å². The normalized spacial score (nSPS) is 22.5. The smallest absolute Gasteiger partial charge is 0.254 e. The molecule has 1 amide bonds. The first-order valence-electron chi connectivity index (χ1n) is 7.55. The zero-order valence-corrected chi connectivity index (χ0v) is 11.7. The van der Waals surface area contributed by atoms with E-state index in [9.17, 15) is 9.90 Å². The molecule has 0 aromatic heterocycles. The predicted octanol–water partition coefficient (Wildman–Crippen LogP) is 2.00. The van der Waals surface area contributed by atoms with Gasteiger partial charge in [0.1, 0.15) is 5.75 Å². The molecule has 1 aliphatic carbocycles. The minimum absolute atomic E-state index is 0.109. The highest BCUT2D eigenvalue weighted by atomic mass is 16.3. The van der Waals surface area contributed by atoms with Crippen LogP contribution in [0.4, 0.5) is 0 Å². The molecule has 1 aromatic carbocycles. The fourth-order valence-electron chi connectivity index (χ4n) is 2.91. The Balaban J connectivity index is 1.69. The molecular weight excluding hydrogens is 252 g/mol. The highest BCUT2D eigenvalue weighted by molar-refractivity contribution is 5.94. The Labute approximate surface area is 119 Å². The van der Waals surface area contributed by atoms with Gasteiger partial charge in [0.2, 0.25) is 0 Å². The SMILES string of the molecule is O=C(c1ccc(O)cc1)N(CC1CCCNC1)C1CC1. The summed E-state index contributed by atoms with van der Waals surface area (Å²) in [5.41, 5.74) is 0.679. The van der Waals surface area contributed by atoms with Crippen molar-refractivity contribution in [3.05, 3.63) is 29.8 Å². The van der Waals surface area contributed by atoms with Crippen LogP contribution in [0.2, 0.25) is 0 Å². The van der Waals surface area contributed by atoms with Gasteiger partial charge in [-0.05, 0) is 69.0 Å². The number of phenols is 1. The molecule has 4 nitrogen and oxygen atoms in total. The lowest BCUT2D eigenvalue weighted by Gasteiger charge is -2.30. The molecule has 0 radical (unpaired) electrons. The maximum atomic E-state index is 12.6. The second kappa shape index (κ2) is 5.83. The van der Waals surface area contributed by atoms with E-state index >= 15 is 0 Å². The lowest BCUT2D eigenvalue weighted by atomic mass is 9.98. The summed E-state index contributed by atoms with van der Waals surface area (Å²) >= 11 is 0. The van der Waals surface area contributed by atoms with E-state index in [2.05, 4.69) is 5.32 Å². The first-order chi connectivity index (χ1) is 9.74. The standard InChI is InChI=1S/C16H22N2O2/c19-15-7-3-13(4-8-15)16(20)18(14-5-6-14)11-12-2-1-9-17-10-12/h3-4,7-8,12,14,17,19H,1-2,5-6,9-11H2. The molecule has 1 unspecified atom stereocenters. The van der Waals surface area contributed by atoms with Crippen LogP contribution < -0.4 is 5.32 Å². The molecule has 0 spiro atoms. The fourth-order valence-corrected chi connectivity index (χ4v) is 2.91. The van der Waals surface area contributed by atoms with E-state index in [1.54, 1.807) is 24.3 Å². The predicted molar refractivity (Wildman–Crippen MR) is 77.8 cm³/mol. The van der Waals surface area contributed by atoms with Crippen LogP contribution in [0.5, 0.6) is 5.75 Å². The third-order valence-electron chi connectivity index (χ3n) is 4.22. The van der Waals surface area contributed by atoms with Crippen LogP contribution in [0.15, 0.2) is 24.3 Å². The Morgan fingerprint density at radius 2 is 2.00 bits per heavy atom. The third kappa shape index (κ3) is 3.12. The summed E-state index contributed by atoms with van der Waals surface area (Å²) in [6.45, 7) is 2.98. The van der Waals surface area contributed by atoms with E-state index in [0.717, 1.165) is 32.5 Å². The molecule has 2 N–H and O–H groups in total. The second-order valence-electron chi connectivity index (χ2n) is 5.95. The number of nitrogens with zero attached hydrogens (tertiary/aromatic N) is 1. The summed E-state index contributed by atoms with van der Waals surface area (Å²) in [7, 11) is 0. The molecule has 3 rings (SSSR count). The Hall–Kier alpha value is -1.55. The van der Waals surface area contributed by atoms with Gasteiger partial charge in [0.05, 0.1) is 0 Å². The number of hydrogen-bond donors (Lipinski definition) is 2. The average Bonchev–Trinajstić information content (AvgIpc) is 3.30. The second-order valence-corrected chi connectivity index (χ2v) is 5.95. The zero-order valence-electron chi connectivity index (χ0n) is 11.7. The van der Waals surface area contributed by atoms with Crippen molar-refractivity contribution in [3.8, 4) is 5.75 Å². The molecule has 1 aromatic rings. The molecule has 108 valence electrons. The highest BCUT2D eigenvalue weighted by Crippen LogP contribution is 2.30. The molecule has 1 atom stereocenters. The van der Waals surface area contributed by atoms with Crippen molar-refractivity contribution in [1.29, 1.82) is 0 Å². The average molecular weight is 274 g/mol. The van der Waals surface area contributed by atoms with Crippen LogP contribution in [0.1, 0.15) is 36.0 Å². The fraction of sp³-hybridized carbons (Fsp3) is 0.562. The van der Waals surface area contributed by atoms with Crippen molar-refractivity contribution in [2.45, 2.75) is 31.7 Å². The number of amides is 1. The van der Waals surface area contributed by atoms with E-state index in [4.69, 9.17) is 0 Å². The molecule has 2 aliphatic rings. The van der Waals surface area contributed by atoms with Crippen LogP contribution in [0, 0.1) is 5.92 Å². The number of rotatable bonds is 4. The summed E-state index contributed by atoms with van der Waals surface area (Å²) < 4.78 is 0. The maximum Gasteiger partial charge on any atom is 0.254 e. The van der Waals surface area contributed by atoms with Crippen LogP contribution in [-0.2, 0) is 0 Å². The van der Waals surface area contributed by atoms with Gasteiger partial charge < -0.3 is 15.3 Å². The van der Waals surface area contributed by atoms with Crippen LogP contribution in [0.25, 0.3) is 0 Å². The number of phenolic OH excluding ortho intramolecular Hbond substituents is 1. The van der Waals surface area contributed by atoms with Crippen LogP contribution in [0.3, 0.4) is 0 Å². The molecule has 20 heavy (non-hydrogen) atoms. The number of carbonyl (C=O) groups excluding carboxylic acids is 1. The maximum absolute atomic E-state index is 12.6. The van der Waals surface area contributed by atoms with Gasteiger partial charge in [-0.1, -0.05) is 0 Å². The third-order valence-corrected chi connectivity index (χ3v) is 4.22. The van der Waals surface area contributed by atoms with E-state index < -0.39 is 0 Å². The quantitative estimate of drug-likeness (QED) is 0.883. The number of aromatic hydroxyl groups is 1. The summed E-state index contributed by atoms with van der Waals surface area (Å²) in [6.07, 6.45) is 4.67. The highest BCUT2D eigenvalue weighted by Gasteiger charge is 2.34. The van der Waals surface area contributed by atoms with Crippen molar-refractivity contribution in [1.82, 2.24) is 10.2 Å². The number of nitrogens with one attached hydrogen (secondary N) is 1. The first kappa shape index (κ1) is 13.4. The molecular formula is C16H22N2O2. The van der Waals surface area contributed by atoms with E-state index in [1.165, 1.54) is 12.8 Å². The lowest BCUT2D eigenvalue weighted by molar-refractivity contribution is 0.0704. The molecule has 1 heterocycles. The molecule has 1 saturated carbocycles. The van der Waals surface area contributed by atoms with E-state index in [0.29, 0.717) is 17.5 Å². The summed E-state index contributed by atoms with van der Waals surface area (Å²) in [4.78, 5) is 14.7. The van der Waals surface area contributed by atoms with Gasteiger partial charge in [0, 0.05) is 18.2 Å². The first-order valence-corrected chi connectivity index (χ1v) is 7.55. The van der Waals surface area contributed by atoms with Gasteiger partial charge in [-0.15, -0.1) is 0 Å². The lowest BCUT2D eigenvalue weighted by Crippen LogP contribution is -2.42. The number of piperidine rings is 1. The van der Waals surface area contributed by atoms with Crippen LogP contribution >= 0.6 is 0 Å². The number of benzene rings is 1. The zero-order chi connectivity index (χ0) is 13.9. The summed E-state index contributed by atoms with van der Waals surface area (Å²) in [5.74, 6) is 0.888. The van der Waals surface area contributed by atoms with E-state index in [-0.39, 0.29) is 11.7 Å². The van der Waals surface area contributed by atoms with Gasteiger partial charge in [-0.3, -0.25) is 4.79 Å². The van der Waals surface area contributed by atoms with Crippen molar-refractivity contribution in [2.24, 2.45) is 5.92 Å². The van der Waals surface area contributed by atoms with Gasteiger partial charge >= 0.3 is 0 Å². The van der Waals surface area contributed by atoms with Crippen molar-refractivity contribution >= 4 is 5.91 Å². The largest absolute Gasteiger partial charge is 0.508 e. The van der Waals surface area contributed by atoms with Gasteiger partial charge in [0.25, 0.3) is 5.91 Å². The summed E-state index contributed by atoms with van der Waals surface area (Å²) in [6, 6.07) is 7.03. The van der Waals surface area contributed by atoms with E-state index in [1.807, 2.05) is 4.90 Å². The molecule has 1 saturated heterocycles.